The van der Waals surface area contributed by atoms with Crippen LogP contribution in [0.5, 0.6) is 0 Å². The van der Waals surface area contributed by atoms with E-state index < -0.39 is 23.6 Å². The summed E-state index contributed by atoms with van der Waals surface area (Å²) in [4.78, 5) is 10.9. The molecule has 0 radical (unpaired) electrons. The molecule has 33 heavy (non-hydrogen) atoms. The van der Waals surface area contributed by atoms with Crippen molar-refractivity contribution in [2.75, 3.05) is 18.0 Å². The van der Waals surface area contributed by atoms with Gasteiger partial charge in [-0.2, -0.15) is 13.2 Å². The van der Waals surface area contributed by atoms with Crippen LogP contribution in [0, 0.1) is 5.92 Å². The summed E-state index contributed by atoms with van der Waals surface area (Å²) in [6.07, 6.45) is 1.14. The number of aromatic nitrogens is 3. The quantitative estimate of drug-likeness (QED) is 0.528. The lowest BCUT2D eigenvalue weighted by molar-refractivity contribution is -0.137. The van der Waals surface area contributed by atoms with Gasteiger partial charge in [-0.05, 0) is 49.6 Å². The van der Waals surface area contributed by atoms with Gasteiger partial charge in [0.15, 0.2) is 0 Å². The second-order valence-electron chi connectivity index (χ2n) is 8.88. The zero-order valence-electron chi connectivity index (χ0n) is 17.8. The van der Waals surface area contributed by atoms with Gasteiger partial charge in [-0.25, -0.2) is 18.7 Å². The van der Waals surface area contributed by atoms with Crippen molar-refractivity contribution in [2.45, 2.75) is 50.5 Å². The lowest BCUT2D eigenvalue weighted by Gasteiger charge is -2.32. The van der Waals surface area contributed by atoms with E-state index in [-0.39, 0.29) is 19.1 Å². The number of alkyl halides is 5. The van der Waals surface area contributed by atoms with E-state index in [1.807, 2.05) is 6.07 Å². The van der Waals surface area contributed by atoms with Crippen LogP contribution in [0.3, 0.4) is 0 Å². The molecular formula is C23H24F5N5. The van der Waals surface area contributed by atoms with Gasteiger partial charge in [-0.1, -0.05) is 12.1 Å². The maximum Gasteiger partial charge on any atom is 0.416 e. The molecule has 2 aliphatic rings. The Bertz CT molecular complexity index is 1120. The van der Waals surface area contributed by atoms with Crippen LogP contribution in [-0.2, 0) is 19.3 Å². The molecule has 10 heteroatoms. The molecule has 176 valence electrons. The molecule has 1 saturated heterocycles. The van der Waals surface area contributed by atoms with Crippen LogP contribution < -0.4 is 10.2 Å². The number of piperidine rings is 1. The van der Waals surface area contributed by atoms with E-state index in [1.165, 1.54) is 18.5 Å². The largest absolute Gasteiger partial charge is 0.416 e. The first-order chi connectivity index (χ1) is 15.7. The minimum absolute atomic E-state index is 0.164. The molecule has 3 aromatic rings. The number of halogens is 5. The van der Waals surface area contributed by atoms with Gasteiger partial charge < -0.3 is 14.8 Å². The van der Waals surface area contributed by atoms with Crippen molar-refractivity contribution in [1.29, 1.82) is 0 Å². The van der Waals surface area contributed by atoms with Crippen molar-refractivity contribution in [2.24, 2.45) is 5.92 Å². The summed E-state index contributed by atoms with van der Waals surface area (Å²) < 4.78 is 69.1. The SMILES string of the molecule is FC(F)(F)c1ccc(CN(c2ncnc3c2ccn3CC2CCNCC2(F)F)C2CC2)cc1. The second-order valence-corrected chi connectivity index (χ2v) is 8.88. The highest BCUT2D eigenvalue weighted by atomic mass is 19.4. The van der Waals surface area contributed by atoms with Crippen molar-refractivity contribution in [3.63, 3.8) is 0 Å². The summed E-state index contributed by atoms with van der Waals surface area (Å²) in [5.41, 5.74) is 0.656. The van der Waals surface area contributed by atoms with E-state index in [0.717, 1.165) is 35.9 Å². The molecule has 0 bridgehead atoms. The maximum absolute atomic E-state index is 14.3. The lowest BCUT2D eigenvalue weighted by Crippen LogP contribution is -2.47. The van der Waals surface area contributed by atoms with Crippen LogP contribution in [-0.4, -0.2) is 39.6 Å². The summed E-state index contributed by atoms with van der Waals surface area (Å²) in [6, 6.07) is 7.23. The van der Waals surface area contributed by atoms with Gasteiger partial charge in [0, 0.05) is 31.2 Å². The molecule has 2 aromatic heterocycles. The Balaban J connectivity index is 1.42. The molecule has 1 aliphatic carbocycles. The molecule has 0 spiro atoms. The highest BCUT2D eigenvalue weighted by Gasteiger charge is 2.41. The monoisotopic (exact) mass is 465 g/mol. The number of fused-ring (bicyclic) bond motifs is 1. The van der Waals surface area contributed by atoms with Crippen LogP contribution in [0.15, 0.2) is 42.9 Å². The molecule has 0 amide bonds. The Morgan fingerprint density at radius 1 is 1.06 bits per heavy atom. The first-order valence-corrected chi connectivity index (χ1v) is 11.0. The smallest absolute Gasteiger partial charge is 0.349 e. The Labute approximate surface area is 187 Å². The van der Waals surface area contributed by atoms with E-state index in [2.05, 4.69) is 20.2 Å². The molecular weight excluding hydrogens is 441 g/mol. The molecule has 1 N–H and O–H groups in total. The third kappa shape index (κ3) is 4.53. The van der Waals surface area contributed by atoms with Crippen LogP contribution in [0.2, 0.25) is 0 Å². The minimum Gasteiger partial charge on any atom is -0.349 e. The van der Waals surface area contributed by atoms with E-state index in [4.69, 9.17) is 0 Å². The van der Waals surface area contributed by atoms with Gasteiger partial charge >= 0.3 is 6.18 Å². The number of nitrogens with one attached hydrogen (secondary N) is 1. The molecule has 1 aliphatic heterocycles. The Kier molecular flexibility index (Phi) is 5.50. The third-order valence-corrected chi connectivity index (χ3v) is 6.47. The fourth-order valence-electron chi connectivity index (χ4n) is 4.47. The normalized spacial score (nSPS) is 20.8. The number of benzene rings is 1. The van der Waals surface area contributed by atoms with E-state index in [0.29, 0.717) is 31.0 Å². The van der Waals surface area contributed by atoms with E-state index in [1.54, 1.807) is 10.8 Å². The molecule has 1 saturated carbocycles. The summed E-state index contributed by atoms with van der Waals surface area (Å²) >= 11 is 0. The van der Waals surface area contributed by atoms with Crippen molar-refractivity contribution >= 4 is 16.9 Å². The number of anilines is 1. The van der Waals surface area contributed by atoms with Gasteiger partial charge in [-0.15, -0.1) is 0 Å². The number of rotatable bonds is 6. The number of hydrogen-bond donors (Lipinski definition) is 1. The zero-order valence-corrected chi connectivity index (χ0v) is 17.8. The molecule has 5 nitrogen and oxygen atoms in total. The first kappa shape index (κ1) is 22.1. The first-order valence-electron chi connectivity index (χ1n) is 11.0. The molecule has 1 atom stereocenters. The predicted octanol–water partition coefficient (Wildman–Crippen LogP) is 4.86. The lowest BCUT2D eigenvalue weighted by atomic mass is 9.94. The summed E-state index contributed by atoms with van der Waals surface area (Å²) in [5.74, 6) is -2.88. The van der Waals surface area contributed by atoms with Gasteiger partial charge in [0.1, 0.15) is 17.8 Å². The Hall–Kier alpha value is -2.75. The summed E-state index contributed by atoms with van der Waals surface area (Å²) in [7, 11) is 0. The van der Waals surface area contributed by atoms with Crippen LogP contribution >= 0.6 is 0 Å². The minimum atomic E-state index is -4.37. The Morgan fingerprint density at radius 3 is 2.48 bits per heavy atom. The molecule has 1 aromatic carbocycles. The topological polar surface area (TPSA) is 46.0 Å². The standard InChI is InChI=1S/C23H24F5N5/c24-22(25)13-29-9-7-17(22)12-32-10-8-19-20(32)30-14-31-21(19)33(18-5-6-18)11-15-1-3-16(4-2-15)23(26,27)28/h1-4,8,10,14,17-18,29H,5-7,9,11-13H2. The maximum atomic E-state index is 14.3. The van der Waals surface area contributed by atoms with Crippen LogP contribution in [0.4, 0.5) is 27.8 Å². The van der Waals surface area contributed by atoms with Crippen molar-refractivity contribution in [3.8, 4) is 0 Å². The van der Waals surface area contributed by atoms with Crippen molar-refractivity contribution in [1.82, 2.24) is 19.9 Å². The molecule has 1 unspecified atom stereocenters. The fourth-order valence-corrected chi connectivity index (χ4v) is 4.47. The highest BCUT2D eigenvalue weighted by Crippen LogP contribution is 2.37. The van der Waals surface area contributed by atoms with E-state index in [9.17, 15) is 22.0 Å². The Morgan fingerprint density at radius 2 is 1.82 bits per heavy atom. The average molecular weight is 465 g/mol. The molecule has 3 heterocycles. The molecule has 5 rings (SSSR count). The van der Waals surface area contributed by atoms with Crippen molar-refractivity contribution in [3.05, 3.63) is 54.0 Å². The highest BCUT2D eigenvalue weighted by molar-refractivity contribution is 5.88. The van der Waals surface area contributed by atoms with Gasteiger partial charge in [0.05, 0.1) is 17.5 Å². The number of nitrogens with zero attached hydrogens (tertiary/aromatic N) is 4. The zero-order chi connectivity index (χ0) is 23.2. The van der Waals surface area contributed by atoms with Gasteiger partial charge in [0.2, 0.25) is 0 Å². The van der Waals surface area contributed by atoms with E-state index >= 15 is 0 Å². The van der Waals surface area contributed by atoms with Crippen molar-refractivity contribution < 1.29 is 22.0 Å². The average Bonchev–Trinajstić information content (AvgIpc) is 3.53. The number of hydrogen-bond acceptors (Lipinski definition) is 4. The molecule has 2 fully saturated rings. The fraction of sp³-hybridized carbons (Fsp3) is 0.478. The third-order valence-electron chi connectivity index (χ3n) is 6.47. The second kappa shape index (κ2) is 8.23. The van der Waals surface area contributed by atoms with Crippen LogP contribution in [0.25, 0.3) is 11.0 Å². The summed E-state index contributed by atoms with van der Waals surface area (Å²) in [6.45, 7) is 0.811. The van der Waals surface area contributed by atoms with Gasteiger partial charge in [0.25, 0.3) is 5.92 Å². The predicted molar refractivity (Wildman–Crippen MR) is 114 cm³/mol. The van der Waals surface area contributed by atoms with Crippen LogP contribution in [0.1, 0.15) is 30.4 Å². The van der Waals surface area contributed by atoms with Gasteiger partial charge in [-0.3, -0.25) is 0 Å². The summed E-state index contributed by atoms with van der Waals surface area (Å²) in [5, 5.41) is 3.50.